The summed E-state index contributed by atoms with van der Waals surface area (Å²) in [6, 6.07) is 10.7. The van der Waals surface area contributed by atoms with Crippen molar-refractivity contribution in [3.05, 3.63) is 58.9 Å². The molecule has 2 rings (SSSR count). The van der Waals surface area contributed by atoms with Crippen LogP contribution in [0.3, 0.4) is 0 Å². The van der Waals surface area contributed by atoms with E-state index >= 15 is 0 Å². The number of Topliss-reactive ketones (excluding diaryl/α,β-unsaturated/α-hetero) is 1. The summed E-state index contributed by atoms with van der Waals surface area (Å²) < 4.78 is 39.3. The molecule has 0 aliphatic heterocycles. The van der Waals surface area contributed by atoms with Crippen LogP contribution in [0.25, 0.3) is 0 Å². The first-order valence-corrected chi connectivity index (χ1v) is 6.13. The SMILES string of the molecule is Cc1cc(C(=O)C(F)(F)F)c(C)n1Cc1ccccc1. The van der Waals surface area contributed by atoms with Crippen LogP contribution in [0.5, 0.6) is 0 Å². The Hall–Kier alpha value is -2.04. The number of hydrogen-bond acceptors (Lipinski definition) is 1. The Balaban J connectivity index is 2.37. The molecule has 0 atom stereocenters. The highest BCUT2D eigenvalue weighted by atomic mass is 19.4. The molecule has 0 fully saturated rings. The standard InChI is InChI=1S/C15H14F3NO/c1-10-8-13(14(20)15(16,17)18)11(2)19(10)9-12-6-4-3-5-7-12/h3-8H,9H2,1-2H3. The van der Waals surface area contributed by atoms with Gasteiger partial charge in [0.2, 0.25) is 0 Å². The topological polar surface area (TPSA) is 22.0 Å². The summed E-state index contributed by atoms with van der Waals surface area (Å²) in [4.78, 5) is 11.4. The molecule has 0 amide bonds. The molecule has 0 unspecified atom stereocenters. The average molecular weight is 281 g/mol. The van der Waals surface area contributed by atoms with Crippen molar-refractivity contribution in [1.29, 1.82) is 0 Å². The zero-order valence-electron chi connectivity index (χ0n) is 11.2. The monoisotopic (exact) mass is 281 g/mol. The molecule has 0 aliphatic carbocycles. The summed E-state index contributed by atoms with van der Waals surface area (Å²) in [5.41, 5.74) is 1.68. The summed E-state index contributed by atoms with van der Waals surface area (Å²) in [7, 11) is 0. The predicted molar refractivity (Wildman–Crippen MR) is 69.8 cm³/mol. The van der Waals surface area contributed by atoms with Crippen LogP contribution in [-0.4, -0.2) is 16.5 Å². The molecule has 0 spiro atoms. The second-order valence-corrected chi connectivity index (χ2v) is 4.68. The van der Waals surface area contributed by atoms with Crippen LogP contribution in [0.4, 0.5) is 13.2 Å². The van der Waals surface area contributed by atoms with Gasteiger partial charge < -0.3 is 4.57 Å². The molecule has 0 saturated carbocycles. The van der Waals surface area contributed by atoms with Crippen LogP contribution in [0, 0.1) is 13.8 Å². The average Bonchev–Trinajstić information content (AvgIpc) is 2.66. The summed E-state index contributed by atoms with van der Waals surface area (Å²) in [6.45, 7) is 3.68. The maximum absolute atomic E-state index is 12.5. The van der Waals surface area contributed by atoms with E-state index in [1.807, 2.05) is 30.3 Å². The summed E-state index contributed by atoms with van der Waals surface area (Å²) >= 11 is 0. The fourth-order valence-electron chi connectivity index (χ4n) is 2.19. The highest BCUT2D eigenvalue weighted by Gasteiger charge is 2.40. The number of alkyl halides is 3. The molecule has 106 valence electrons. The van der Waals surface area contributed by atoms with Crippen LogP contribution < -0.4 is 0 Å². The minimum absolute atomic E-state index is 0.272. The number of hydrogen-bond donors (Lipinski definition) is 0. The smallest absolute Gasteiger partial charge is 0.344 e. The van der Waals surface area contributed by atoms with Gasteiger partial charge >= 0.3 is 6.18 Å². The number of aromatic nitrogens is 1. The molecule has 20 heavy (non-hydrogen) atoms. The molecule has 2 aromatic rings. The maximum atomic E-state index is 12.5. The highest BCUT2D eigenvalue weighted by molar-refractivity contribution is 6.01. The Morgan fingerprint density at radius 3 is 2.30 bits per heavy atom. The molecule has 0 aliphatic rings. The number of carbonyl (C=O) groups excluding carboxylic acids is 1. The van der Waals surface area contributed by atoms with Gasteiger partial charge in [-0.25, -0.2) is 0 Å². The van der Waals surface area contributed by atoms with Gasteiger partial charge in [0.05, 0.1) is 0 Å². The molecule has 0 radical (unpaired) electrons. The first-order chi connectivity index (χ1) is 9.30. The number of rotatable bonds is 3. The Kier molecular flexibility index (Phi) is 3.70. The van der Waals surface area contributed by atoms with E-state index in [0.29, 0.717) is 17.9 Å². The van der Waals surface area contributed by atoms with Gasteiger partial charge in [-0.2, -0.15) is 13.2 Å². The van der Waals surface area contributed by atoms with Crippen LogP contribution in [0.15, 0.2) is 36.4 Å². The van der Waals surface area contributed by atoms with Crippen molar-refractivity contribution < 1.29 is 18.0 Å². The van der Waals surface area contributed by atoms with E-state index in [4.69, 9.17) is 0 Å². The molecule has 1 heterocycles. The van der Waals surface area contributed by atoms with Crippen molar-refractivity contribution in [2.45, 2.75) is 26.6 Å². The Morgan fingerprint density at radius 1 is 1.15 bits per heavy atom. The lowest BCUT2D eigenvalue weighted by atomic mass is 10.1. The molecule has 0 bridgehead atoms. The first-order valence-electron chi connectivity index (χ1n) is 6.13. The van der Waals surface area contributed by atoms with Crippen LogP contribution in [-0.2, 0) is 6.54 Å². The number of ketones is 1. The van der Waals surface area contributed by atoms with Gasteiger partial charge in [-0.3, -0.25) is 4.79 Å². The number of nitrogens with zero attached hydrogens (tertiary/aromatic N) is 1. The lowest BCUT2D eigenvalue weighted by Gasteiger charge is -2.10. The lowest BCUT2D eigenvalue weighted by Crippen LogP contribution is -2.23. The van der Waals surface area contributed by atoms with Crippen molar-refractivity contribution in [2.24, 2.45) is 0 Å². The Morgan fingerprint density at radius 2 is 1.75 bits per heavy atom. The van der Waals surface area contributed by atoms with Gasteiger partial charge in [0.15, 0.2) is 0 Å². The third-order valence-electron chi connectivity index (χ3n) is 3.26. The molecule has 0 saturated heterocycles. The largest absolute Gasteiger partial charge is 0.454 e. The molecular weight excluding hydrogens is 267 g/mol. The van der Waals surface area contributed by atoms with Crippen molar-refractivity contribution in [3.8, 4) is 0 Å². The van der Waals surface area contributed by atoms with Crippen molar-refractivity contribution in [3.63, 3.8) is 0 Å². The normalized spacial score (nSPS) is 11.7. The molecule has 1 aromatic heterocycles. The quantitative estimate of drug-likeness (QED) is 0.782. The third kappa shape index (κ3) is 2.76. The predicted octanol–water partition coefficient (Wildman–Crippen LogP) is 3.90. The zero-order valence-corrected chi connectivity index (χ0v) is 11.2. The molecule has 5 heteroatoms. The van der Waals surface area contributed by atoms with Crippen LogP contribution in [0.1, 0.15) is 27.3 Å². The number of halogens is 3. The third-order valence-corrected chi connectivity index (χ3v) is 3.26. The van der Waals surface area contributed by atoms with E-state index in [0.717, 1.165) is 5.56 Å². The van der Waals surface area contributed by atoms with E-state index in [2.05, 4.69) is 0 Å². The van der Waals surface area contributed by atoms with Gasteiger partial charge in [-0.05, 0) is 25.5 Å². The second kappa shape index (κ2) is 5.15. The summed E-state index contributed by atoms with van der Waals surface area (Å²) in [5, 5.41) is 0. The molecular formula is C15H14F3NO. The van der Waals surface area contributed by atoms with Gasteiger partial charge in [0.25, 0.3) is 5.78 Å². The molecule has 0 N–H and O–H groups in total. The van der Waals surface area contributed by atoms with E-state index < -0.39 is 12.0 Å². The number of carbonyl (C=O) groups is 1. The number of benzene rings is 1. The van der Waals surface area contributed by atoms with E-state index in [-0.39, 0.29) is 5.56 Å². The summed E-state index contributed by atoms with van der Waals surface area (Å²) in [5.74, 6) is -1.79. The fraction of sp³-hybridized carbons (Fsp3) is 0.267. The van der Waals surface area contributed by atoms with Crippen LogP contribution in [0.2, 0.25) is 0 Å². The zero-order chi connectivity index (χ0) is 14.9. The van der Waals surface area contributed by atoms with Gasteiger partial charge in [-0.1, -0.05) is 30.3 Å². The Labute approximate surface area is 114 Å². The van der Waals surface area contributed by atoms with Crippen molar-refractivity contribution in [1.82, 2.24) is 4.57 Å². The van der Waals surface area contributed by atoms with E-state index in [9.17, 15) is 18.0 Å². The lowest BCUT2D eigenvalue weighted by molar-refractivity contribution is -0.0885. The second-order valence-electron chi connectivity index (χ2n) is 4.68. The first kappa shape index (κ1) is 14.4. The van der Waals surface area contributed by atoms with Gasteiger partial charge in [0, 0.05) is 23.5 Å². The van der Waals surface area contributed by atoms with Gasteiger partial charge in [0.1, 0.15) is 0 Å². The number of aryl methyl sites for hydroxylation is 1. The molecule has 1 aromatic carbocycles. The summed E-state index contributed by atoms with van der Waals surface area (Å²) in [6.07, 6.45) is -4.84. The molecule has 2 nitrogen and oxygen atoms in total. The fourth-order valence-corrected chi connectivity index (χ4v) is 2.19. The highest BCUT2D eigenvalue weighted by Crippen LogP contribution is 2.26. The maximum Gasteiger partial charge on any atom is 0.454 e. The van der Waals surface area contributed by atoms with Gasteiger partial charge in [-0.15, -0.1) is 0 Å². The minimum atomic E-state index is -4.84. The van der Waals surface area contributed by atoms with Crippen molar-refractivity contribution in [2.75, 3.05) is 0 Å². The minimum Gasteiger partial charge on any atom is -0.344 e. The van der Waals surface area contributed by atoms with Crippen LogP contribution >= 0.6 is 0 Å². The Bertz CT molecular complexity index is 627. The van der Waals surface area contributed by atoms with E-state index in [1.54, 1.807) is 11.5 Å². The van der Waals surface area contributed by atoms with E-state index in [1.165, 1.54) is 13.0 Å². The van der Waals surface area contributed by atoms with Crippen molar-refractivity contribution >= 4 is 5.78 Å².